The third-order valence-corrected chi connectivity index (χ3v) is 7.87. The predicted octanol–water partition coefficient (Wildman–Crippen LogP) is 9.53. The molecule has 0 amide bonds. The largest absolute Gasteiger partial charge is 0.469 e. The van der Waals surface area contributed by atoms with E-state index in [4.69, 9.17) is 19.3 Å². The van der Waals surface area contributed by atoms with E-state index in [9.17, 15) is 19.3 Å². The van der Waals surface area contributed by atoms with Crippen molar-refractivity contribution in [2.45, 2.75) is 154 Å². The van der Waals surface area contributed by atoms with Crippen LogP contribution < -0.4 is 0 Å². The fourth-order valence-corrected chi connectivity index (χ4v) is 5.03. The van der Waals surface area contributed by atoms with Gasteiger partial charge in [-0.3, -0.25) is 14.1 Å². The van der Waals surface area contributed by atoms with Crippen molar-refractivity contribution in [3.05, 3.63) is 60.8 Å². The molecule has 0 bridgehead atoms. The summed E-state index contributed by atoms with van der Waals surface area (Å²) in [5, 5.41) is 9.96. The molecule has 0 aromatic heterocycles. The number of hydrogen-bond acceptors (Lipinski definition) is 7. The van der Waals surface area contributed by atoms with Crippen LogP contribution >= 0.6 is 7.82 Å². The first-order chi connectivity index (χ1) is 23.2. The lowest BCUT2D eigenvalue weighted by Crippen LogP contribution is -2.29. The monoisotopic (exact) mass is 696 g/mol. The van der Waals surface area contributed by atoms with Gasteiger partial charge in [-0.05, 0) is 44.9 Å². The summed E-state index contributed by atoms with van der Waals surface area (Å²) >= 11 is 0. The summed E-state index contributed by atoms with van der Waals surface area (Å²) in [5.74, 6) is -0.996. The Morgan fingerprint density at radius 1 is 0.667 bits per heavy atom. The Kier molecular flexibility index (Phi) is 31.6. The van der Waals surface area contributed by atoms with E-state index in [1.807, 2.05) is 42.5 Å². The normalized spacial score (nSPS) is 13.9. The summed E-state index contributed by atoms with van der Waals surface area (Å²) in [4.78, 5) is 42.6. The van der Waals surface area contributed by atoms with Crippen LogP contribution in [0.2, 0.25) is 0 Å². The molecule has 0 heterocycles. The number of esters is 2. The van der Waals surface area contributed by atoms with Crippen LogP contribution in [-0.2, 0) is 28.2 Å². The third kappa shape index (κ3) is 35.0. The standard InChI is InChI=1S/C38H65O9P/c1-3-5-7-9-11-12-13-14-15-19-23-27-31-37(40)45-33-36(34-46-48(42,43)44)47-38(41)32-28-24-20-17-16-18-22-26-30-35(39)29-25-21-10-8-6-4-2/h6,8,17-18,20-22,25-26,30,35-36,39H,3-5,7,9-16,19,23-24,27-29,31-34H2,1-2H3,(H2,42,43,44)/b8-6-,20-17-,22-18-,25-21-,30-26+/t35?,36-/m1/s1. The van der Waals surface area contributed by atoms with Crippen molar-refractivity contribution < 1.29 is 43.0 Å². The van der Waals surface area contributed by atoms with Crippen LogP contribution in [0.5, 0.6) is 0 Å². The highest BCUT2D eigenvalue weighted by Crippen LogP contribution is 2.35. The van der Waals surface area contributed by atoms with Crippen molar-refractivity contribution in [1.82, 2.24) is 0 Å². The molecule has 9 nitrogen and oxygen atoms in total. The minimum absolute atomic E-state index is 0.101. The van der Waals surface area contributed by atoms with Crippen LogP contribution in [-0.4, -0.2) is 52.3 Å². The number of phosphoric ester groups is 1. The average Bonchev–Trinajstić information content (AvgIpc) is 3.04. The van der Waals surface area contributed by atoms with Crippen LogP contribution in [0.3, 0.4) is 0 Å². The van der Waals surface area contributed by atoms with Crippen LogP contribution in [0.1, 0.15) is 142 Å². The van der Waals surface area contributed by atoms with Gasteiger partial charge in [0.1, 0.15) is 6.61 Å². The van der Waals surface area contributed by atoms with Gasteiger partial charge < -0.3 is 24.4 Å². The number of unbranched alkanes of at least 4 members (excludes halogenated alkanes) is 12. The lowest BCUT2D eigenvalue weighted by atomic mass is 10.0. The summed E-state index contributed by atoms with van der Waals surface area (Å²) in [6.07, 6.45) is 36.9. The first-order valence-corrected chi connectivity index (χ1v) is 19.7. The molecule has 0 saturated carbocycles. The molecule has 0 aliphatic heterocycles. The molecule has 0 rings (SSSR count). The highest BCUT2D eigenvalue weighted by Gasteiger charge is 2.22. The summed E-state index contributed by atoms with van der Waals surface area (Å²) < 4.78 is 26.2. The van der Waals surface area contributed by atoms with Crippen LogP contribution in [0.25, 0.3) is 0 Å². The SMILES string of the molecule is CC/C=C\C/C=C\CC(O)/C=C/C=C\C/C=C\CCCC(=O)O[C@H](COC(=O)CCCCCCCCCCCCCC)COP(=O)(O)O. The van der Waals surface area contributed by atoms with Gasteiger partial charge in [-0.15, -0.1) is 0 Å². The first kappa shape index (κ1) is 45.7. The molecule has 276 valence electrons. The summed E-state index contributed by atoms with van der Waals surface area (Å²) in [5.41, 5.74) is 0. The van der Waals surface area contributed by atoms with E-state index < -0.39 is 38.6 Å². The molecule has 10 heteroatoms. The second kappa shape index (κ2) is 33.2. The minimum Gasteiger partial charge on any atom is -0.462 e. The molecule has 0 spiro atoms. The number of aliphatic hydroxyl groups is 1. The second-order valence-electron chi connectivity index (χ2n) is 12.0. The number of hydrogen-bond donors (Lipinski definition) is 3. The van der Waals surface area contributed by atoms with Crippen molar-refractivity contribution in [3.8, 4) is 0 Å². The molecule has 0 aromatic carbocycles. The zero-order chi connectivity index (χ0) is 35.6. The molecule has 0 aromatic rings. The summed E-state index contributed by atoms with van der Waals surface area (Å²) in [7, 11) is -4.78. The number of aliphatic hydroxyl groups excluding tert-OH is 1. The smallest absolute Gasteiger partial charge is 0.462 e. The van der Waals surface area contributed by atoms with Crippen molar-refractivity contribution >= 4 is 19.8 Å². The minimum atomic E-state index is -4.78. The number of carbonyl (C=O) groups excluding carboxylic acids is 2. The first-order valence-electron chi connectivity index (χ1n) is 18.2. The molecule has 0 aliphatic rings. The molecular weight excluding hydrogens is 631 g/mol. The molecule has 48 heavy (non-hydrogen) atoms. The lowest BCUT2D eigenvalue weighted by Gasteiger charge is -2.18. The van der Waals surface area contributed by atoms with E-state index in [-0.39, 0.29) is 19.4 Å². The lowest BCUT2D eigenvalue weighted by molar-refractivity contribution is -0.161. The van der Waals surface area contributed by atoms with Crippen molar-refractivity contribution in [1.29, 1.82) is 0 Å². The highest BCUT2D eigenvalue weighted by molar-refractivity contribution is 7.46. The van der Waals surface area contributed by atoms with Crippen LogP contribution in [0.4, 0.5) is 0 Å². The Balaban J connectivity index is 4.18. The van der Waals surface area contributed by atoms with E-state index in [0.29, 0.717) is 32.1 Å². The van der Waals surface area contributed by atoms with Crippen molar-refractivity contribution in [3.63, 3.8) is 0 Å². The Morgan fingerprint density at radius 2 is 1.25 bits per heavy atom. The summed E-state index contributed by atoms with van der Waals surface area (Å²) in [6, 6.07) is 0. The molecule has 0 fully saturated rings. The molecular formula is C38H65O9P. The van der Waals surface area contributed by atoms with Gasteiger partial charge in [0.15, 0.2) is 6.10 Å². The van der Waals surface area contributed by atoms with E-state index in [1.54, 1.807) is 6.08 Å². The number of allylic oxidation sites excluding steroid dienone is 8. The fraction of sp³-hybridized carbons (Fsp3) is 0.684. The topological polar surface area (TPSA) is 140 Å². The van der Waals surface area contributed by atoms with Gasteiger partial charge in [-0.25, -0.2) is 4.57 Å². The van der Waals surface area contributed by atoms with Gasteiger partial charge in [-0.1, -0.05) is 145 Å². The Hall–Kier alpha value is -2.29. The van der Waals surface area contributed by atoms with Crippen LogP contribution in [0.15, 0.2) is 60.8 Å². The molecule has 1 unspecified atom stereocenters. The average molecular weight is 697 g/mol. The molecule has 0 aliphatic carbocycles. The molecule has 0 saturated heterocycles. The van der Waals surface area contributed by atoms with Gasteiger partial charge in [0.2, 0.25) is 0 Å². The molecule has 0 radical (unpaired) electrons. The fourth-order valence-electron chi connectivity index (χ4n) is 4.67. The Labute approximate surface area is 290 Å². The third-order valence-electron chi connectivity index (χ3n) is 7.38. The maximum absolute atomic E-state index is 12.3. The van der Waals surface area contributed by atoms with Gasteiger partial charge in [0.25, 0.3) is 0 Å². The van der Waals surface area contributed by atoms with Gasteiger partial charge in [-0.2, -0.15) is 0 Å². The second-order valence-corrected chi connectivity index (χ2v) is 13.3. The van der Waals surface area contributed by atoms with E-state index in [0.717, 1.165) is 32.1 Å². The number of phosphoric acid groups is 1. The van der Waals surface area contributed by atoms with E-state index >= 15 is 0 Å². The predicted molar refractivity (Wildman–Crippen MR) is 194 cm³/mol. The van der Waals surface area contributed by atoms with Gasteiger partial charge in [0.05, 0.1) is 12.7 Å². The number of rotatable bonds is 32. The Bertz CT molecular complexity index is 981. The van der Waals surface area contributed by atoms with Crippen LogP contribution in [0, 0.1) is 0 Å². The number of carbonyl (C=O) groups is 2. The quantitative estimate of drug-likeness (QED) is 0.0206. The summed E-state index contributed by atoms with van der Waals surface area (Å²) in [6.45, 7) is 3.42. The molecule has 2 atom stereocenters. The van der Waals surface area contributed by atoms with Crippen molar-refractivity contribution in [2.75, 3.05) is 13.2 Å². The van der Waals surface area contributed by atoms with Gasteiger partial charge >= 0.3 is 19.8 Å². The van der Waals surface area contributed by atoms with E-state index in [1.165, 1.54) is 51.4 Å². The maximum atomic E-state index is 12.3. The van der Waals surface area contributed by atoms with E-state index in [2.05, 4.69) is 30.5 Å². The maximum Gasteiger partial charge on any atom is 0.469 e. The molecule has 3 N–H and O–H groups in total. The number of ether oxygens (including phenoxy) is 2. The van der Waals surface area contributed by atoms with Crippen molar-refractivity contribution in [2.24, 2.45) is 0 Å². The zero-order valence-corrected chi connectivity index (χ0v) is 30.6. The zero-order valence-electron chi connectivity index (χ0n) is 29.7. The van der Waals surface area contributed by atoms with Gasteiger partial charge in [0, 0.05) is 12.8 Å². The Morgan fingerprint density at radius 3 is 1.90 bits per heavy atom. The highest BCUT2D eigenvalue weighted by atomic mass is 31.2.